The predicted octanol–water partition coefficient (Wildman–Crippen LogP) is 4.34. The molecule has 1 aromatic carbocycles. The van der Waals surface area contributed by atoms with E-state index < -0.39 is 5.82 Å². The minimum atomic E-state index is -0.490. The average molecular weight is 358 g/mol. The molecule has 26 heavy (non-hydrogen) atoms. The summed E-state index contributed by atoms with van der Waals surface area (Å²) in [4.78, 5) is 15.2. The summed E-state index contributed by atoms with van der Waals surface area (Å²) in [6.45, 7) is 7.13. The first-order valence-corrected chi connectivity index (χ1v) is 8.39. The molecule has 6 heteroatoms. The number of hydrogen-bond donors (Lipinski definition) is 1. The molecule has 0 aliphatic rings. The molecule has 0 spiro atoms. The van der Waals surface area contributed by atoms with Gasteiger partial charge in [-0.25, -0.2) is 9.37 Å². The van der Waals surface area contributed by atoms with Crippen LogP contribution in [0.1, 0.15) is 33.3 Å². The number of nitrogens with zero attached hydrogens (tertiary/aromatic N) is 1. The van der Waals surface area contributed by atoms with E-state index in [9.17, 15) is 9.18 Å². The van der Waals surface area contributed by atoms with Gasteiger partial charge in [0.05, 0.1) is 6.10 Å². The average Bonchev–Trinajstić information content (AvgIpc) is 2.56. The predicted molar refractivity (Wildman–Crippen MR) is 98.8 cm³/mol. The quantitative estimate of drug-likeness (QED) is 0.800. The van der Waals surface area contributed by atoms with Crippen molar-refractivity contribution in [2.75, 3.05) is 0 Å². The molecule has 0 bridgehead atoms. The smallest absolute Gasteiger partial charge is 0.219 e. The van der Waals surface area contributed by atoms with Gasteiger partial charge in [0.1, 0.15) is 5.75 Å². The van der Waals surface area contributed by atoms with Crippen LogP contribution < -0.4 is 14.8 Å². The summed E-state index contributed by atoms with van der Waals surface area (Å²) in [5, 5.41) is 2.76. The van der Waals surface area contributed by atoms with Crippen molar-refractivity contribution in [1.82, 2.24) is 10.3 Å². The van der Waals surface area contributed by atoms with Crippen molar-refractivity contribution in [3.63, 3.8) is 0 Å². The Kier molecular flexibility index (Phi) is 6.72. The summed E-state index contributed by atoms with van der Waals surface area (Å²) < 4.78 is 25.0. The Hall–Kier alpha value is -2.89. The van der Waals surface area contributed by atoms with E-state index in [1.165, 1.54) is 19.1 Å². The lowest BCUT2D eigenvalue weighted by molar-refractivity contribution is -0.119. The molecule has 1 heterocycles. The molecule has 0 fully saturated rings. The third-order valence-corrected chi connectivity index (χ3v) is 3.26. The lowest BCUT2D eigenvalue weighted by Gasteiger charge is -2.12. The molecule has 0 saturated heterocycles. The van der Waals surface area contributed by atoms with E-state index in [4.69, 9.17) is 9.47 Å². The number of rotatable bonds is 7. The number of ether oxygens (including phenoxy) is 2. The fourth-order valence-corrected chi connectivity index (χ4v) is 2.19. The Bertz CT molecular complexity index is 773. The molecule has 1 amide bonds. The lowest BCUT2D eigenvalue weighted by atomic mass is 10.2. The third kappa shape index (κ3) is 6.20. The van der Waals surface area contributed by atoms with Crippen LogP contribution in [-0.2, 0) is 4.79 Å². The van der Waals surface area contributed by atoms with Crippen LogP contribution in [0.2, 0.25) is 0 Å². The Morgan fingerprint density at radius 3 is 2.62 bits per heavy atom. The Morgan fingerprint density at radius 2 is 2.00 bits per heavy atom. The molecule has 0 radical (unpaired) electrons. The highest BCUT2D eigenvalue weighted by molar-refractivity contribution is 5.73. The number of carbonyl (C=O) groups excluding carboxylic acids is 1. The maximum absolute atomic E-state index is 13.9. The van der Waals surface area contributed by atoms with Gasteiger partial charge in [-0.2, -0.15) is 0 Å². The third-order valence-electron chi connectivity index (χ3n) is 3.26. The molecule has 1 aromatic heterocycles. The van der Waals surface area contributed by atoms with Crippen molar-refractivity contribution in [1.29, 1.82) is 0 Å². The monoisotopic (exact) mass is 358 g/mol. The zero-order valence-electron chi connectivity index (χ0n) is 15.3. The van der Waals surface area contributed by atoms with Gasteiger partial charge in [0.25, 0.3) is 0 Å². The van der Waals surface area contributed by atoms with E-state index in [2.05, 4.69) is 10.3 Å². The molecule has 138 valence electrons. The summed E-state index contributed by atoms with van der Waals surface area (Å²) in [7, 11) is 0. The van der Waals surface area contributed by atoms with E-state index in [0.717, 1.165) is 5.56 Å². The van der Waals surface area contributed by atoms with Gasteiger partial charge in [-0.15, -0.1) is 0 Å². The van der Waals surface area contributed by atoms with Crippen molar-refractivity contribution in [3.8, 4) is 17.4 Å². The van der Waals surface area contributed by atoms with Crippen molar-refractivity contribution >= 4 is 12.0 Å². The Labute approximate surface area is 152 Å². The summed E-state index contributed by atoms with van der Waals surface area (Å²) in [5.74, 6) is 0.282. The van der Waals surface area contributed by atoms with Gasteiger partial charge in [-0.3, -0.25) is 4.79 Å². The highest BCUT2D eigenvalue weighted by atomic mass is 19.1. The second-order valence-corrected chi connectivity index (χ2v) is 6.14. The van der Waals surface area contributed by atoms with E-state index in [0.29, 0.717) is 5.75 Å². The van der Waals surface area contributed by atoms with Crippen molar-refractivity contribution in [2.24, 2.45) is 0 Å². The maximum atomic E-state index is 13.9. The molecule has 5 nitrogen and oxygen atoms in total. The topological polar surface area (TPSA) is 60.5 Å². The van der Waals surface area contributed by atoms with Gasteiger partial charge in [-0.05, 0) is 44.5 Å². The largest absolute Gasteiger partial charge is 0.491 e. The fraction of sp³-hybridized carbons (Fsp3) is 0.300. The molecule has 0 saturated carbocycles. The molecule has 2 aromatic rings. The Balaban J connectivity index is 2.05. The number of carbonyl (C=O) groups is 1. The summed E-state index contributed by atoms with van der Waals surface area (Å²) in [5.41, 5.74) is 0.840. The van der Waals surface area contributed by atoms with Crippen LogP contribution in [0.25, 0.3) is 6.08 Å². The zero-order chi connectivity index (χ0) is 19.1. The van der Waals surface area contributed by atoms with Gasteiger partial charge in [0, 0.05) is 31.3 Å². The first kappa shape index (κ1) is 19.4. The van der Waals surface area contributed by atoms with Gasteiger partial charge in [0.2, 0.25) is 11.8 Å². The second kappa shape index (κ2) is 8.99. The normalized spacial score (nSPS) is 12.2. The minimum Gasteiger partial charge on any atom is -0.491 e. The fourth-order valence-electron chi connectivity index (χ4n) is 2.19. The van der Waals surface area contributed by atoms with Gasteiger partial charge < -0.3 is 14.8 Å². The van der Waals surface area contributed by atoms with Gasteiger partial charge in [-0.1, -0.05) is 12.2 Å². The Morgan fingerprint density at radius 1 is 1.23 bits per heavy atom. The summed E-state index contributed by atoms with van der Waals surface area (Å²) in [6.07, 6.45) is 5.29. The minimum absolute atomic E-state index is 0.0163. The molecule has 0 unspecified atom stereocenters. The van der Waals surface area contributed by atoms with Crippen LogP contribution in [0, 0.1) is 5.82 Å². The summed E-state index contributed by atoms with van der Waals surface area (Å²) in [6, 6.07) is 7.72. The molecule has 0 aliphatic carbocycles. The van der Waals surface area contributed by atoms with Crippen molar-refractivity contribution in [3.05, 3.63) is 54.0 Å². The van der Waals surface area contributed by atoms with Crippen LogP contribution in [0.4, 0.5) is 4.39 Å². The number of pyridine rings is 1. The van der Waals surface area contributed by atoms with Crippen LogP contribution >= 0.6 is 0 Å². The van der Waals surface area contributed by atoms with E-state index in [-0.39, 0.29) is 29.7 Å². The number of halogens is 1. The second-order valence-electron chi connectivity index (χ2n) is 6.14. The maximum Gasteiger partial charge on any atom is 0.219 e. The number of hydrogen-bond acceptors (Lipinski definition) is 4. The van der Waals surface area contributed by atoms with E-state index in [1.807, 2.05) is 32.9 Å². The molecular weight excluding hydrogens is 335 g/mol. The van der Waals surface area contributed by atoms with E-state index >= 15 is 0 Å². The summed E-state index contributed by atoms with van der Waals surface area (Å²) >= 11 is 0. The highest BCUT2D eigenvalue weighted by Gasteiger charge is 2.09. The zero-order valence-corrected chi connectivity index (χ0v) is 15.3. The van der Waals surface area contributed by atoms with Crippen LogP contribution in [0.5, 0.6) is 17.4 Å². The van der Waals surface area contributed by atoms with Crippen LogP contribution in [-0.4, -0.2) is 23.0 Å². The van der Waals surface area contributed by atoms with Crippen molar-refractivity contribution < 1.29 is 18.7 Å². The molecule has 2 rings (SSSR count). The van der Waals surface area contributed by atoms with E-state index in [1.54, 1.807) is 24.4 Å². The number of nitrogens with one attached hydrogen (secondary N) is 1. The number of amides is 1. The number of aromatic nitrogens is 1. The molecule has 1 atom stereocenters. The first-order chi connectivity index (χ1) is 12.3. The first-order valence-electron chi connectivity index (χ1n) is 8.39. The molecular formula is C20H23FN2O3. The van der Waals surface area contributed by atoms with Crippen LogP contribution in [0.3, 0.4) is 0 Å². The van der Waals surface area contributed by atoms with Crippen molar-refractivity contribution in [2.45, 2.75) is 39.8 Å². The molecule has 1 N–H and O–H groups in total. The van der Waals surface area contributed by atoms with Crippen LogP contribution in [0.15, 0.2) is 42.6 Å². The molecule has 0 aliphatic heterocycles. The SMILES string of the molecule is CC(=O)N[C@@H](C)/C=C/c1ccc(Oc2cc(OC(C)C)ccc2F)nc1. The standard InChI is InChI=1S/C20H23FN2O3/c1-13(2)25-17-8-9-18(21)19(11-17)26-20-10-7-16(12-22-20)6-5-14(3)23-15(4)24/h5-14H,1-4H3,(H,23,24)/b6-5+/t14-/m0/s1. The highest BCUT2D eigenvalue weighted by Crippen LogP contribution is 2.28. The number of benzene rings is 1. The van der Waals surface area contributed by atoms with Gasteiger partial charge >= 0.3 is 0 Å². The lowest BCUT2D eigenvalue weighted by Crippen LogP contribution is -2.28. The van der Waals surface area contributed by atoms with Gasteiger partial charge in [0.15, 0.2) is 11.6 Å².